The summed E-state index contributed by atoms with van der Waals surface area (Å²) in [5, 5.41) is 5.54. The quantitative estimate of drug-likeness (QED) is 0.686. The van der Waals surface area contributed by atoms with Crippen LogP contribution in [0.15, 0.2) is 42.7 Å². The summed E-state index contributed by atoms with van der Waals surface area (Å²) < 4.78 is 4.26. The van der Waals surface area contributed by atoms with Gasteiger partial charge in [0.25, 0.3) is 5.91 Å². The van der Waals surface area contributed by atoms with Crippen LogP contribution in [0.5, 0.6) is 0 Å². The molecule has 0 spiro atoms. The van der Waals surface area contributed by atoms with E-state index in [0.717, 1.165) is 32.5 Å². The molecule has 1 fully saturated rings. The SMILES string of the molecule is CCn1cc(C(=O)N2CCCC(c3cc4ccccc4n3C(C)C)C2)cn1. The van der Waals surface area contributed by atoms with Crippen molar-refractivity contribution in [3.05, 3.63) is 54.0 Å². The fourth-order valence-electron chi connectivity index (χ4n) is 4.32. The monoisotopic (exact) mass is 364 g/mol. The first kappa shape index (κ1) is 17.8. The van der Waals surface area contributed by atoms with Gasteiger partial charge in [-0.1, -0.05) is 18.2 Å². The van der Waals surface area contributed by atoms with Crippen LogP contribution in [-0.2, 0) is 6.54 Å². The van der Waals surface area contributed by atoms with Crippen molar-refractivity contribution >= 4 is 16.8 Å². The molecule has 2 aromatic heterocycles. The summed E-state index contributed by atoms with van der Waals surface area (Å²) in [6, 6.07) is 11.3. The molecule has 1 aliphatic heterocycles. The number of carbonyl (C=O) groups excluding carboxylic acids is 1. The zero-order valence-electron chi connectivity index (χ0n) is 16.4. The molecule has 27 heavy (non-hydrogen) atoms. The average molecular weight is 364 g/mol. The normalized spacial score (nSPS) is 17.8. The molecule has 0 bridgehead atoms. The van der Waals surface area contributed by atoms with Gasteiger partial charge in [0.2, 0.25) is 0 Å². The van der Waals surface area contributed by atoms with Crippen LogP contribution in [0, 0.1) is 0 Å². The summed E-state index contributed by atoms with van der Waals surface area (Å²) in [5.41, 5.74) is 3.34. The molecule has 1 aromatic carbocycles. The van der Waals surface area contributed by atoms with Gasteiger partial charge in [-0.15, -0.1) is 0 Å². The number of aryl methyl sites for hydroxylation is 1. The zero-order chi connectivity index (χ0) is 19.0. The molecule has 0 saturated carbocycles. The fourth-order valence-corrected chi connectivity index (χ4v) is 4.32. The van der Waals surface area contributed by atoms with E-state index in [1.165, 1.54) is 16.6 Å². The second-order valence-corrected chi connectivity index (χ2v) is 7.77. The second kappa shape index (κ2) is 7.22. The minimum Gasteiger partial charge on any atom is -0.342 e. The largest absolute Gasteiger partial charge is 0.342 e. The van der Waals surface area contributed by atoms with Crippen molar-refractivity contribution in [2.45, 2.75) is 52.1 Å². The van der Waals surface area contributed by atoms with E-state index >= 15 is 0 Å². The number of rotatable bonds is 4. The van der Waals surface area contributed by atoms with Gasteiger partial charge in [0.05, 0.1) is 11.8 Å². The molecule has 1 unspecified atom stereocenters. The van der Waals surface area contributed by atoms with Crippen molar-refractivity contribution in [2.24, 2.45) is 0 Å². The Morgan fingerprint density at radius 3 is 2.85 bits per heavy atom. The summed E-state index contributed by atoms with van der Waals surface area (Å²) in [6.07, 6.45) is 5.72. The van der Waals surface area contributed by atoms with E-state index in [-0.39, 0.29) is 5.91 Å². The van der Waals surface area contributed by atoms with E-state index in [2.05, 4.69) is 53.8 Å². The van der Waals surface area contributed by atoms with Crippen LogP contribution in [0.2, 0.25) is 0 Å². The van der Waals surface area contributed by atoms with Crippen LogP contribution >= 0.6 is 0 Å². The lowest BCUT2D eigenvalue weighted by atomic mass is 9.94. The van der Waals surface area contributed by atoms with Gasteiger partial charge in [-0.2, -0.15) is 5.10 Å². The molecule has 4 rings (SSSR count). The summed E-state index contributed by atoms with van der Waals surface area (Å²) >= 11 is 0. The molecule has 0 aliphatic carbocycles. The van der Waals surface area contributed by atoms with Crippen LogP contribution in [0.4, 0.5) is 0 Å². The number of amides is 1. The maximum absolute atomic E-state index is 13.0. The summed E-state index contributed by atoms with van der Waals surface area (Å²) in [7, 11) is 0. The van der Waals surface area contributed by atoms with Crippen molar-refractivity contribution in [1.29, 1.82) is 0 Å². The Kier molecular flexibility index (Phi) is 4.77. The molecule has 1 saturated heterocycles. The van der Waals surface area contributed by atoms with E-state index in [0.29, 0.717) is 17.5 Å². The van der Waals surface area contributed by atoms with Gasteiger partial charge in [0.1, 0.15) is 0 Å². The predicted molar refractivity (Wildman–Crippen MR) is 108 cm³/mol. The molecule has 3 aromatic rings. The predicted octanol–water partition coefficient (Wildman–Crippen LogP) is 4.46. The van der Waals surface area contributed by atoms with E-state index < -0.39 is 0 Å². The van der Waals surface area contributed by atoms with Gasteiger partial charge >= 0.3 is 0 Å². The molecule has 5 heteroatoms. The molecule has 1 amide bonds. The van der Waals surface area contributed by atoms with Gasteiger partial charge in [-0.3, -0.25) is 9.48 Å². The van der Waals surface area contributed by atoms with Gasteiger partial charge < -0.3 is 9.47 Å². The molecule has 1 aliphatic rings. The lowest BCUT2D eigenvalue weighted by Gasteiger charge is -2.33. The Labute approximate surface area is 160 Å². The molecule has 0 N–H and O–H groups in total. The van der Waals surface area contributed by atoms with E-state index in [9.17, 15) is 4.79 Å². The highest BCUT2D eigenvalue weighted by molar-refractivity contribution is 5.93. The standard InChI is InChI=1S/C22H28N4O/c1-4-25-15-19(13-23-25)22(27)24-11-7-9-18(14-24)21-12-17-8-5-6-10-20(17)26(21)16(2)3/h5-6,8,10,12-13,15-16,18H,4,7,9,11,14H2,1-3H3. The van der Waals surface area contributed by atoms with Crippen LogP contribution in [0.25, 0.3) is 10.9 Å². The number of fused-ring (bicyclic) bond motifs is 1. The first-order chi connectivity index (χ1) is 13.1. The Hall–Kier alpha value is -2.56. The Morgan fingerprint density at radius 2 is 2.11 bits per heavy atom. The minimum atomic E-state index is 0.103. The third-order valence-corrected chi connectivity index (χ3v) is 5.63. The van der Waals surface area contributed by atoms with Crippen molar-refractivity contribution < 1.29 is 4.79 Å². The number of carbonyl (C=O) groups is 1. The first-order valence-corrected chi connectivity index (χ1v) is 10.00. The Morgan fingerprint density at radius 1 is 1.30 bits per heavy atom. The number of hydrogen-bond donors (Lipinski definition) is 0. The number of hydrogen-bond acceptors (Lipinski definition) is 2. The highest BCUT2D eigenvalue weighted by Crippen LogP contribution is 2.34. The first-order valence-electron chi connectivity index (χ1n) is 10.00. The van der Waals surface area contributed by atoms with Crippen LogP contribution in [-0.4, -0.2) is 38.2 Å². The van der Waals surface area contributed by atoms with Crippen molar-refractivity contribution in [3.8, 4) is 0 Å². The van der Waals surface area contributed by atoms with Crippen LogP contribution < -0.4 is 0 Å². The van der Waals surface area contributed by atoms with Crippen molar-refractivity contribution in [1.82, 2.24) is 19.2 Å². The maximum Gasteiger partial charge on any atom is 0.257 e. The lowest BCUT2D eigenvalue weighted by molar-refractivity contribution is 0.0704. The lowest BCUT2D eigenvalue weighted by Crippen LogP contribution is -2.39. The molecule has 3 heterocycles. The summed E-state index contributed by atoms with van der Waals surface area (Å²) in [4.78, 5) is 15.0. The summed E-state index contributed by atoms with van der Waals surface area (Å²) in [6.45, 7) is 8.89. The smallest absolute Gasteiger partial charge is 0.257 e. The fraction of sp³-hybridized carbons (Fsp3) is 0.455. The van der Waals surface area contributed by atoms with Crippen molar-refractivity contribution in [2.75, 3.05) is 13.1 Å². The molecule has 142 valence electrons. The molecule has 5 nitrogen and oxygen atoms in total. The van der Waals surface area contributed by atoms with E-state index in [4.69, 9.17) is 0 Å². The highest BCUT2D eigenvalue weighted by Gasteiger charge is 2.29. The van der Waals surface area contributed by atoms with E-state index in [1.54, 1.807) is 6.20 Å². The zero-order valence-corrected chi connectivity index (χ0v) is 16.4. The number of likely N-dealkylation sites (tertiary alicyclic amines) is 1. The number of nitrogens with zero attached hydrogens (tertiary/aromatic N) is 4. The number of aromatic nitrogens is 3. The third kappa shape index (κ3) is 3.27. The van der Waals surface area contributed by atoms with Gasteiger partial charge in [-0.05, 0) is 51.1 Å². The number of benzene rings is 1. The number of para-hydroxylation sites is 1. The molecule has 1 atom stereocenters. The van der Waals surface area contributed by atoms with Gasteiger partial charge in [0.15, 0.2) is 0 Å². The summed E-state index contributed by atoms with van der Waals surface area (Å²) in [5.74, 6) is 0.477. The van der Waals surface area contributed by atoms with Gasteiger partial charge in [-0.25, -0.2) is 0 Å². The Balaban J connectivity index is 1.62. The Bertz CT molecular complexity index is 952. The topological polar surface area (TPSA) is 43.1 Å². The van der Waals surface area contributed by atoms with Crippen LogP contribution in [0.1, 0.15) is 61.6 Å². The van der Waals surface area contributed by atoms with Gasteiger partial charge in [0, 0.05) is 49.0 Å². The van der Waals surface area contributed by atoms with Crippen molar-refractivity contribution in [3.63, 3.8) is 0 Å². The molecule has 0 radical (unpaired) electrons. The molecular weight excluding hydrogens is 336 g/mol. The minimum absolute atomic E-state index is 0.103. The highest BCUT2D eigenvalue weighted by atomic mass is 16.2. The van der Waals surface area contributed by atoms with E-state index in [1.807, 2.05) is 22.7 Å². The molecular formula is C22H28N4O. The second-order valence-electron chi connectivity index (χ2n) is 7.77. The maximum atomic E-state index is 13.0. The van der Waals surface area contributed by atoms with Crippen LogP contribution in [0.3, 0.4) is 0 Å². The third-order valence-electron chi connectivity index (χ3n) is 5.63. The average Bonchev–Trinajstić information content (AvgIpc) is 3.32. The number of piperidine rings is 1.